The number of hydrogen-bond donors (Lipinski definition) is 3. The van der Waals surface area contributed by atoms with Crippen molar-refractivity contribution in [1.82, 2.24) is 20.9 Å². The zero-order valence-electron chi connectivity index (χ0n) is 10.3. The van der Waals surface area contributed by atoms with Gasteiger partial charge in [-0.1, -0.05) is 0 Å². The minimum Gasteiger partial charge on any atom is -0.338 e. The molecule has 3 N–H and O–H groups in total. The monoisotopic (exact) mass is 264 g/mol. The van der Waals surface area contributed by atoms with Gasteiger partial charge in [0.25, 0.3) is 0 Å². The van der Waals surface area contributed by atoms with Crippen LogP contribution in [-0.2, 0) is 4.79 Å². The highest BCUT2D eigenvalue weighted by atomic mass is 35.5. The van der Waals surface area contributed by atoms with Crippen molar-refractivity contribution in [2.75, 3.05) is 33.2 Å². The minimum absolute atomic E-state index is 0. The van der Waals surface area contributed by atoms with E-state index in [9.17, 15) is 9.59 Å². The van der Waals surface area contributed by atoms with Crippen LogP contribution in [0.2, 0.25) is 0 Å². The molecule has 1 fully saturated rings. The summed E-state index contributed by atoms with van der Waals surface area (Å²) in [6, 6.07) is -0.0366. The van der Waals surface area contributed by atoms with Crippen LogP contribution < -0.4 is 16.0 Å². The molecule has 7 heteroatoms. The van der Waals surface area contributed by atoms with E-state index >= 15 is 0 Å². The van der Waals surface area contributed by atoms with E-state index in [0.29, 0.717) is 12.6 Å². The molecule has 0 saturated carbocycles. The number of amides is 3. The molecule has 0 radical (unpaired) electrons. The third-order valence-corrected chi connectivity index (χ3v) is 2.64. The zero-order chi connectivity index (χ0) is 12.0. The second-order valence-corrected chi connectivity index (χ2v) is 3.97. The molecule has 1 atom stereocenters. The summed E-state index contributed by atoms with van der Waals surface area (Å²) in [5.41, 5.74) is 0. The van der Waals surface area contributed by atoms with Gasteiger partial charge in [0, 0.05) is 19.1 Å². The molecular formula is C10H21ClN4O2. The Balaban J connectivity index is 0.00000256. The first-order valence-corrected chi connectivity index (χ1v) is 5.62. The molecule has 1 rings (SSSR count). The largest absolute Gasteiger partial charge is 0.338 e. The molecule has 0 aromatic rings. The van der Waals surface area contributed by atoms with Gasteiger partial charge in [-0.25, -0.2) is 4.79 Å². The van der Waals surface area contributed by atoms with Crippen LogP contribution in [-0.4, -0.2) is 56.1 Å². The quantitative estimate of drug-likeness (QED) is 0.643. The molecule has 1 aliphatic heterocycles. The average molecular weight is 265 g/mol. The normalized spacial score (nSPS) is 18.6. The Morgan fingerprint density at radius 2 is 2.18 bits per heavy atom. The van der Waals surface area contributed by atoms with E-state index in [4.69, 9.17) is 0 Å². The fraction of sp³-hybridized carbons (Fsp3) is 0.800. The molecule has 1 saturated heterocycles. The summed E-state index contributed by atoms with van der Waals surface area (Å²) < 4.78 is 0. The van der Waals surface area contributed by atoms with Gasteiger partial charge in [-0.15, -0.1) is 12.4 Å². The number of likely N-dealkylation sites (N-methyl/N-ethyl adjacent to an activating group) is 1. The van der Waals surface area contributed by atoms with Crippen molar-refractivity contribution in [2.24, 2.45) is 0 Å². The zero-order valence-corrected chi connectivity index (χ0v) is 11.1. The third-order valence-electron chi connectivity index (χ3n) is 2.64. The van der Waals surface area contributed by atoms with Gasteiger partial charge in [0.1, 0.15) is 0 Å². The highest BCUT2D eigenvalue weighted by Crippen LogP contribution is 2.04. The maximum atomic E-state index is 11.5. The Hall–Kier alpha value is -0.850. The Labute approximate surface area is 108 Å². The lowest BCUT2D eigenvalue weighted by atomic mass is 10.2. The number of nitrogens with one attached hydrogen (secondary N) is 3. The molecule has 1 aliphatic rings. The fourth-order valence-corrected chi connectivity index (χ4v) is 1.74. The number of carbonyl (C=O) groups is 2. The summed E-state index contributed by atoms with van der Waals surface area (Å²) in [6.45, 7) is 4.48. The summed E-state index contributed by atoms with van der Waals surface area (Å²) in [6.07, 6.45) is 1.05. The molecule has 1 unspecified atom stereocenters. The van der Waals surface area contributed by atoms with Gasteiger partial charge < -0.3 is 10.6 Å². The van der Waals surface area contributed by atoms with Crippen LogP contribution in [0.5, 0.6) is 0 Å². The van der Waals surface area contributed by atoms with E-state index in [1.165, 1.54) is 0 Å². The first-order valence-electron chi connectivity index (χ1n) is 5.62. The first-order chi connectivity index (χ1) is 7.63. The van der Waals surface area contributed by atoms with Gasteiger partial charge in [0.2, 0.25) is 5.91 Å². The molecular weight excluding hydrogens is 244 g/mol. The number of halogens is 1. The Kier molecular flexibility index (Phi) is 7.86. The topological polar surface area (TPSA) is 73.5 Å². The van der Waals surface area contributed by atoms with E-state index in [-0.39, 0.29) is 24.9 Å². The van der Waals surface area contributed by atoms with Gasteiger partial charge in [0.05, 0.1) is 6.54 Å². The number of urea groups is 1. The molecule has 0 aliphatic carbocycles. The second kappa shape index (κ2) is 8.27. The van der Waals surface area contributed by atoms with E-state index in [0.717, 1.165) is 19.5 Å². The SMILES string of the molecule is CCNC(=O)NC(=O)CN(C)C1CCNC1.Cl. The lowest BCUT2D eigenvalue weighted by Gasteiger charge is -2.22. The standard InChI is InChI=1S/C10H20N4O2.ClH/c1-3-12-10(16)13-9(15)7-14(2)8-4-5-11-6-8;/h8,11H,3-7H2,1-2H3,(H2,12,13,15,16);1H. The van der Waals surface area contributed by atoms with Crippen LogP contribution in [0.15, 0.2) is 0 Å². The van der Waals surface area contributed by atoms with Crippen molar-refractivity contribution in [3.8, 4) is 0 Å². The number of rotatable bonds is 4. The molecule has 17 heavy (non-hydrogen) atoms. The number of hydrogen-bond acceptors (Lipinski definition) is 4. The maximum absolute atomic E-state index is 11.5. The molecule has 1 heterocycles. The summed E-state index contributed by atoms with van der Waals surface area (Å²) in [5.74, 6) is -0.264. The van der Waals surface area contributed by atoms with E-state index in [2.05, 4.69) is 16.0 Å². The molecule has 0 aromatic carbocycles. The van der Waals surface area contributed by atoms with Crippen molar-refractivity contribution in [3.05, 3.63) is 0 Å². The van der Waals surface area contributed by atoms with E-state index in [1.807, 2.05) is 11.9 Å². The average Bonchev–Trinajstić information content (AvgIpc) is 2.69. The highest BCUT2D eigenvalue weighted by molar-refractivity contribution is 5.95. The van der Waals surface area contributed by atoms with Gasteiger partial charge >= 0.3 is 6.03 Å². The predicted molar refractivity (Wildman–Crippen MR) is 68.4 cm³/mol. The first kappa shape index (κ1) is 16.1. The summed E-state index contributed by atoms with van der Waals surface area (Å²) >= 11 is 0. The number of carbonyl (C=O) groups excluding carboxylic acids is 2. The predicted octanol–water partition coefficient (Wildman–Crippen LogP) is -0.452. The van der Waals surface area contributed by atoms with Crippen molar-refractivity contribution in [2.45, 2.75) is 19.4 Å². The van der Waals surface area contributed by atoms with Crippen LogP contribution in [0.4, 0.5) is 4.79 Å². The Morgan fingerprint density at radius 3 is 2.71 bits per heavy atom. The van der Waals surface area contributed by atoms with Crippen molar-refractivity contribution in [3.63, 3.8) is 0 Å². The van der Waals surface area contributed by atoms with Crippen LogP contribution in [0, 0.1) is 0 Å². The fourth-order valence-electron chi connectivity index (χ4n) is 1.74. The molecule has 0 aromatic heterocycles. The lowest BCUT2D eigenvalue weighted by molar-refractivity contribution is -0.121. The number of nitrogens with zero attached hydrogens (tertiary/aromatic N) is 1. The van der Waals surface area contributed by atoms with Crippen LogP contribution in [0.1, 0.15) is 13.3 Å². The third kappa shape index (κ3) is 5.86. The van der Waals surface area contributed by atoms with Gasteiger partial charge in [0.15, 0.2) is 0 Å². The Bertz CT molecular complexity index is 257. The Morgan fingerprint density at radius 1 is 1.47 bits per heavy atom. The molecule has 3 amide bonds. The maximum Gasteiger partial charge on any atom is 0.321 e. The summed E-state index contributed by atoms with van der Waals surface area (Å²) in [7, 11) is 1.90. The lowest BCUT2D eigenvalue weighted by Crippen LogP contribution is -2.46. The molecule has 0 spiro atoms. The van der Waals surface area contributed by atoms with E-state index < -0.39 is 6.03 Å². The smallest absolute Gasteiger partial charge is 0.321 e. The van der Waals surface area contributed by atoms with Crippen LogP contribution >= 0.6 is 12.4 Å². The summed E-state index contributed by atoms with van der Waals surface area (Å²) in [5, 5.41) is 8.04. The van der Waals surface area contributed by atoms with Crippen molar-refractivity contribution in [1.29, 1.82) is 0 Å². The van der Waals surface area contributed by atoms with Crippen LogP contribution in [0.25, 0.3) is 0 Å². The molecule has 0 bridgehead atoms. The summed E-state index contributed by atoms with van der Waals surface area (Å²) in [4.78, 5) is 24.5. The number of imide groups is 1. The minimum atomic E-state index is -0.426. The van der Waals surface area contributed by atoms with Gasteiger partial charge in [-0.2, -0.15) is 0 Å². The highest BCUT2D eigenvalue weighted by Gasteiger charge is 2.21. The van der Waals surface area contributed by atoms with Gasteiger partial charge in [-0.05, 0) is 26.9 Å². The van der Waals surface area contributed by atoms with Crippen molar-refractivity contribution < 1.29 is 9.59 Å². The molecule has 6 nitrogen and oxygen atoms in total. The molecule has 100 valence electrons. The van der Waals surface area contributed by atoms with E-state index in [1.54, 1.807) is 6.92 Å². The second-order valence-electron chi connectivity index (χ2n) is 3.97. The van der Waals surface area contributed by atoms with Crippen LogP contribution in [0.3, 0.4) is 0 Å². The van der Waals surface area contributed by atoms with Crippen molar-refractivity contribution >= 4 is 24.3 Å². The van der Waals surface area contributed by atoms with Gasteiger partial charge in [-0.3, -0.25) is 15.0 Å².